The molecule has 0 aromatic carbocycles. The number of hydrogen-bond acceptors (Lipinski definition) is 4. The van der Waals surface area contributed by atoms with Crippen molar-refractivity contribution >= 4 is 23.5 Å². The smallest absolute Gasteiger partial charge is 0.233 e. The lowest BCUT2D eigenvalue weighted by Gasteiger charge is -2.44. The molecule has 1 saturated heterocycles. The summed E-state index contributed by atoms with van der Waals surface area (Å²) in [6.45, 7) is 7.60. The van der Waals surface area contributed by atoms with Gasteiger partial charge < -0.3 is 4.74 Å². The maximum Gasteiger partial charge on any atom is 0.233 e. The van der Waals surface area contributed by atoms with Gasteiger partial charge in [0.05, 0.1) is 11.8 Å². The number of β-lactam (4-membered cyclic amide) rings is 1. The Labute approximate surface area is 112 Å². The molecule has 1 atom stereocenters. The number of hydrogen-bond donors (Lipinski definition) is 0. The monoisotopic (exact) mass is 269 g/mol. The van der Waals surface area contributed by atoms with Gasteiger partial charge >= 0.3 is 0 Å². The Morgan fingerprint density at radius 2 is 2.17 bits per heavy atom. The van der Waals surface area contributed by atoms with Gasteiger partial charge in [0, 0.05) is 11.2 Å². The van der Waals surface area contributed by atoms with Gasteiger partial charge in [-0.15, -0.1) is 11.8 Å². The highest BCUT2D eigenvalue weighted by molar-refractivity contribution is 8.00. The highest BCUT2D eigenvalue weighted by Crippen LogP contribution is 2.40. The fourth-order valence-corrected chi connectivity index (χ4v) is 2.99. The van der Waals surface area contributed by atoms with E-state index < -0.39 is 5.41 Å². The van der Waals surface area contributed by atoms with E-state index in [0.717, 1.165) is 11.3 Å². The van der Waals surface area contributed by atoms with Crippen LogP contribution in [0, 0.1) is 5.41 Å². The fourth-order valence-electron chi connectivity index (χ4n) is 1.80. The average molecular weight is 269 g/mol. The Hall–Kier alpha value is -0.970. The van der Waals surface area contributed by atoms with Crippen LogP contribution in [0.15, 0.2) is 11.5 Å². The standard InChI is InChI=1S/C13H19NO3S/c1-8-7-18-11-5-10(16)14(11)12(8)17-6-9(15)13(2,3)4/h11H,5-7H2,1-4H3/t11-/m0/s1. The molecule has 2 rings (SSSR count). The van der Waals surface area contributed by atoms with Crippen molar-refractivity contribution < 1.29 is 14.3 Å². The van der Waals surface area contributed by atoms with E-state index in [-0.39, 0.29) is 23.7 Å². The second-order valence-electron chi connectivity index (χ2n) is 5.78. The van der Waals surface area contributed by atoms with Crippen molar-refractivity contribution in [1.82, 2.24) is 4.90 Å². The summed E-state index contributed by atoms with van der Waals surface area (Å²) < 4.78 is 5.61. The van der Waals surface area contributed by atoms with Crippen LogP contribution in [0.2, 0.25) is 0 Å². The van der Waals surface area contributed by atoms with E-state index >= 15 is 0 Å². The number of nitrogens with zero attached hydrogens (tertiary/aromatic N) is 1. The maximum absolute atomic E-state index is 11.8. The lowest BCUT2D eigenvalue weighted by Crippen LogP contribution is -2.53. The summed E-state index contributed by atoms with van der Waals surface area (Å²) in [7, 11) is 0. The van der Waals surface area contributed by atoms with Crippen LogP contribution in [0.3, 0.4) is 0 Å². The molecule has 0 aliphatic carbocycles. The van der Waals surface area contributed by atoms with Crippen LogP contribution >= 0.6 is 11.8 Å². The molecule has 0 bridgehead atoms. The molecular weight excluding hydrogens is 250 g/mol. The number of fused-ring (bicyclic) bond motifs is 1. The van der Waals surface area contributed by atoms with Gasteiger partial charge in [-0.2, -0.15) is 0 Å². The molecule has 0 N–H and O–H groups in total. The third-order valence-electron chi connectivity index (χ3n) is 3.16. The third-order valence-corrected chi connectivity index (χ3v) is 4.52. The predicted molar refractivity (Wildman–Crippen MR) is 70.8 cm³/mol. The lowest BCUT2D eigenvalue weighted by atomic mass is 9.91. The number of thioether (sulfide) groups is 1. The second kappa shape index (κ2) is 4.61. The number of Topliss-reactive ketones (excluding diaryl/α,β-unsaturated/α-hetero) is 1. The van der Waals surface area contributed by atoms with Crippen molar-refractivity contribution in [3.63, 3.8) is 0 Å². The SMILES string of the molecule is CC1=C(OCC(=O)C(C)(C)C)N2C(=O)C[C@@H]2SC1. The normalized spacial score (nSPS) is 23.7. The summed E-state index contributed by atoms with van der Waals surface area (Å²) in [5.41, 5.74) is 0.627. The number of carbonyl (C=O) groups is 2. The van der Waals surface area contributed by atoms with Crippen LogP contribution in [-0.2, 0) is 14.3 Å². The number of ether oxygens (including phenoxy) is 1. The summed E-state index contributed by atoms with van der Waals surface area (Å²) in [6, 6.07) is 0. The number of rotatable bonds is 3. The van der Waals surface area contributed by atoms with Crippen LogP contribution in [0.4, 0.5) is 0 Å². The molecule has 2 heterocycles. The highest BCUT2D eigenvalue weighted by atomic mass is 32.2. The van der Waals surface area contributed by atoms with E-state index in [2.05, 4.69) is 0 Å². The van der Waals surface area contributed by atoms with Crippen molar-refractivity contribution in [2.75, 3.05) is 12.4 Å². The van der Waals surface area contributed by atoms with Crippen LogP contribution < -0.4 is 0 Å². The molecule has 100 valence electrons. The molecule has 2 aliphatic rings. The summed E-state index contributed by atoms with van der Waals surface area (Å²) in [5, 5.41) is 0.209. The summed E-state index contributed by atoms with van der Waals surface area (Å²) in [6.07, 6.45) is 0.581. The van der Waals surface area contributed by atoms with Crippen LogP contribution in [0.1, 0.15) is 34.1 Å². The van der Waals surface area contributed by atoms with Crippen LogP contribution in [0.5, 0.6) is 0 Å². The van der Waals surface area contributed by atoms with E-state index in [4.69, 9.17) is 4.74 Å². The molecule has 0 radical (unpaired) electrons. The first-order chi connectivity index (χ1) is 8.30. The van der Waals surface area contributed by atoms with Gasteiger partial charge in [0.15, 0.2) is 11.7 Å². The van der Waals surface area contributed by atoms with Crippen molar-refractivity contribution in [2.24, 2.45) is 5.41 Å². The van der Waals surface area contributed by atoms with Crippen molar-refractivity contribution in [3.8, 4) is 0 Å². The molecule has 2 aliphatic heterocycles. The highest BCUT2D eigenvalue weighted by Gasteiger charge is 2.43. The molecule has 0 unspecified atom stereocenters. The fraction of sp³-hybridized carbons (Fsp3) is 0.692. The Bertz CT molecular complexity index is 422. The van der Waals surface area contributed by atoms with Gasteiger partial charge in [-0.1, -0.05) is 20.8 Å². The van der Waals surface area contributed by atoms with Gasteiger partial charge in [0.25, 0.3) is 0 Å². The van der Waals surface area contributed by atoms with E-state index in [9.17, 15) is 9.59 Å². The molecule has 1 amide bonds. The predicted octanol–water partition coefficient (Wildman–Crippen LogP) is 2.15. The molecule has 18 heavy (non-hydrogen) atoms. The minimum atomic E-state index is -0.407. The number of amides is 1. The first-order valence-electron chi connectivity index (χ1n) is 6.10. The minimum absolute atomic E-state index is 0.0390. The summed E-state index contributed by atoms with van der Waals surface area (Å²) >= 11 is 1.75. The quantitative estimate of drug-likeness (QED) is 0.737. The summed E-state index contributed by atoms with van der Waals surface area (Å²) in [4.78, 5) is 25.1. The molecular formula is C13H19NO3S. The van der Waals surface area contributed by atoms with Gasteiger partial charge in [-0.25, -0.2) is 0 Å². The third kappa shape index (κ3) is 2.41. The molecule has 0 saturated carbocycles. The van der Waals surface area contributed by atoms with Crippen molar-refractivity contribution in [3.05, 3.63) is 11.5 Å². The lowest BCUT2D eigenvalue weighted by molar-refractivity contribution is -0.145. The van der Waals surface area contributed by atoms with Gasteiger partial charge in [-0.05, 0) is 12.5 Å². The molecule has 0 aromatic heterocycles. The van der Waals surface area contributed by atoms with Gasteiger partial charge in [0.2, 0.25) is 5.91 Å². The average Bonchev–Trinajstić information content (AvgIpc) is 2.26. The Kier molecular flexibility index (Phi) is 3.45. The zero-order chi connectivity index (χ0) is 13.5. The molecule has 5 heteroatoms. The van der Waals surface area contributed by atoms with Crippen molar-refractivity contribution in [2.45, 2.75) is 39.5 Å². The second-order valence-corrected chi connectivity index (χ2v) is 6.95. The van der Waals surface area contributed by atoms with Gasteiger partial charge in [-0.3, -0.25) is 14.5 Å². The van der Waals surface area contributed by atoms with Gasteiger partial charge in [0.1, 0.15) is 6.61 Å². The van der Waals surface area contributed by atoms with E-state index in [0.29, 0.717) is 12.3 Å². The first-order valence-corrected chi connectivity index (χ1v) is 7.15. The number of ketones is 1. The van der Waals surface area contributed by atoms with E-state index in [1.165, 1.54) is 0 Å². The largest absolute Gasteiger partial charge is 0.471 e. The van der Waals surface area contributed by atoms with Crippen molar-refractivity contribution in [1.29, 1.82) is 0 Å². The zero-order valence-corrected chi connectivity index (χ0v) is 12.1. The van der Waals surface area contributed by atoms with Crippen LogP contribution in [0.25, 0.3) is 0 Å². The zero-order valence-electron chi connectivity index (χ0n) is 11.3. The Morgan fingerprint density at radius 1 is 1.50 bits per heavy atom. The Balaban J connectivity index is 2.03. The minimum Gasteiger partial charge on any atom is -0.471 e. The first kappa shape index (κ1) is 13.5. The van der Waals surface area contributed by atoms with E-state index in [1.807, 2.05) is 27.7 Å². The maximum atomic E-state index is 11.8. The molecule has 4 nitrogen and oxygen atoms in total. The number of carbonyl (C=O) groups excluding carboxylic acids is 2. The van der Waals surface area contributed by atoms with E-state index in [1.54, 1.807) is 16.7 Å². The van der Waals surface area contributed by atoms with Crippen LogP contribution in [-0.4, -0.2) is 34.3 Å². The topological polar surface area (TPSA) is 46.6 Å². The molecule has 0 aromatic rings. The molecule has 1 fully saturated rings. The molecule has 0 spiro atoms. The summed E-state index contributed by atoms with van der Waals surface area (Å²) in [5.74, 6) is 1.61. The Morgan fingerprint density at radius 3 is 2.72 bits per heavy atom.